The van der Waals surface area contributed by atoms with Crippen molar-refractivity contribution in [2.24, 2.45) is 4.99 Å². The van der Waals surface area contributed by atoms with Gasteiger partial charge in [0.25, 0.3) is 0 Å². The van der Waals surface area contributed by atoms with Crippen molar-refractivity contribution in [2.45, 2.75) is 13.0 Å². The van der Waals surface area contributed by atoms with Crippen LogP contribution in [-0.2, 0) is 13.0 Å². The Morgan fingerprint density at radius 3 is 2.68 bits per heavy atom. The Kier molecular flexibility index (Phi) is 6.83. The van der Waals surface area contributed by atoms with E-state index in [0.717, 1.165) is 16.4 Å². The Morgan fingerprint density at radius 2 is 2.00 bits per heavy atom. The number of rotatable bonds is 7. The topological polar surface area (TPSA) is 91.5 Å². The van der Waals surface area contributed by atoms with E-state index >= 15 is 0 Å². The zero-order valence-corrected chi connectivity index (χ0v) is 17.5. The zero-order valence-electron chi connectivity index (χ0n) is 15.9. The summed E-state index contributed by atoms with van der Waals surface area (Å²) in [5.74, 6) is 1.80. The summed E-state index contributed by atoms with van der Waals surface area (Å²) in [6.45, 7) is 1.22. The van der Waals surface area contributed by atoms with Gasteiger partial charge in [0.1, 0.15) is 0 Å². The van der Waals surface area contributed by atoms with E-state index in [0.29, 0.717) is 42.2 Å². The lowest BCUT2D eigenvalue weighted by molar-refractivity contribution is 0.378. The van der Waals surface area contributed by atoms with Crippen molar-refractivity contribution in [1.29, 1.82) is 0 Å². The van der Waals surface area contributed by atoms with Crippen LogP contribution in [0, 0.1) is 0 Å². The van der Waals surface area contributed by atoms with Crippen molar-refractivity contribution in [3.8, 4) is 11.4 Å². The van der Waals surface area contributed by atoms with Crippen molar-refractivity contribution < 1.29 is 4.52 Å². The average Bonchev–Trinajstić information content (AvgIpc) is 3.35. The lowest BCUT2D eigenvalue weighted by atomic mass is 10.2. The van der Waals surface area contributed by atoms with Crippen LogP contribution in [0.3, 0.4) is 0 Å². The summed E-state index contributed by atoms with van der Waals surface area (Å²) < 4.78 is 5.31. The number of benzene rings is 1. The molecule has 0 aliphatic rings. The molecule has 2 aromatic heterocycles. The molecule has 1 aromatic carbocycles. The van der Waals surface area contributed by atoms with Crippen molar-refractivity contribution in [3.63, 3.8) is 0 Å². The molecule has 0 atom stereocenters. The molecule has 2 heterocycles. The van der Waals surface area contributed by atoms with Gasteiger partial charge in [-0.25, -0.2) is 4.98 Å². The highest BCUT2D eigenvalue weighted by Crippen LogP contribution is 2.19. The minimum absolute atomic E-state index is 0.550. The molecule has 8 nitrogen and oxygen atoms in total. The first-order valence-electron chi connectivity index (χ1n) is 8.70. The average molecular weight is 420 g/mol. The lowest BCUT2D eigenvalue weighted by Gasteiger charge is -2.10. The first-order chi connectivity index (χ1) is 13.5. The van der Waals surface area contributed by atoms with Crippen LogP contribution in [0.5, 0.6) is 0 Å². The number of aliphatic imine (C=N–C) groups is 1. The monoisotopic (exact) mass is 419 g/mol. The number of hydrogen-bond donors (Lipinski definition) is 2. The fourth-order valence-corrected chi connectivity index (χ4v) is 3.22. The molecule has 28 heavy (non-hydrogen) atoms. The SMILES string of the molecule is CN=C(NCCc1nc(-c2ccc(Cl)cc2)no1)NCc1csc(N(C)C)n1. The van der Waals surface area contributed by atoms with Gasteiger partial charge < -0.3 is 20.1 Å². The van der Waals surface area contributed by atoms with Gasteiger partial charge in [-0.05, 0) is 24.3 Å². The van der Waals surface area contributed by atoms with Gasteiger partial charge in [0.05, 0.1) is 12.2 Å². The van der Waals surface area contributed by atoms with Crippen LogP contribution in [-0.4, -0.2) is 48.8 Å². The number of nitrogens with zero attached hydrogens (tertiary/aromatic N) is 5. The van der Waals surface area contributed by atoms with E-state index in [4.69, 9.17) is 16.1 Å². The van der Waals surface area contributed by atoms with Crippen molar-refractivity contribution in [3.05, 3.63) is 46.3 Å². The molecule has 0 saturated carbocycles. The van der Waals surface area contributed by atoms with Crippen LogP contribution < -0.4 is 15.5 Å². The molecule has 0 saturated heterocycles. The summed E-state index contributed by atoms with van der Waals surface area (Å²) in [7, 11) is 5.69. The molecule has 10 heteroatoms. The molecule has 0 aliphatic carbocycles. The number of halogens is 1. The van der Waals surface area contributed by atoms with Gasteiger partial charge in [-0.15, -0.1) is 11.3 Å². The molecule has 0 amide bonds. The molecule has 0 fully saturated rings. The Balaban J connectivity index is 1.46. The number of thiazole rings is 1. The third kappa shape index (κ3) is 5.43. The van der Waals surface area contributed by atoms with Crippen molar-refractivity contribution >= 4 is 34.0 Å². The number of guanidine groups is 1. The van der Waals surface area contributed by atoms with Crippen LogP contribution in [0.1, 0.15) is 11.6 Å². The van der Waals surface area contributed by atoms with Gasteiger partial charge in [0, 0.05) is 50.1 Å². The second-order valence-electron chi connectivity index (χ2n) is 6.14. The molecule has 0 aliphatic heterocycles. The standard InChI is InChI=1S/C18H22ClN7OS/c1-20-17(22-10-14-11-28-18(23-14)26(2)3)21-9-8-15-24-16(25-27-15)12-4-6-13(19)7-5-12/h4-7,11H,8-10H2,1-3H3,(H2,20,21,22). The van der Waals surface area contributed by atoms with E-state index in [2.05, 4.69) is 30.8 Å². The van der Waals surface area contributed by atoms with Crippen LogP contribution in [0.2, 0.25) is 5.02 Å². The maximum Gasteiger partial charge on any atom is 0.228 e. The zero-order chi connectivity index (χ0) is 19.9. The maximum absolute atomic E-state index is 5.90. The molecular weight excluding hydrogens is 398 g/mol. The first-order valence-corrected chi connectivity index (χ1v) is 9.95. The van der Waals surface area contributed by atoms with E-state index in [-0.39, 0.29) is 0 Å². The van der Waals surface area contributed by atoms with Gasteiger partial charge in [0.2, 0.25) is 11.7 Å². The Bertz CT molecular complexity index is 920. The molecule has 2 N–H and O–H groups in total. The molecular formula is C18H22ClN7OS. The van der Waals surface area contributed by atoms with E-state index in [1.165, 1.54) is 0 Å². The third-order valence-electron chi connectivity index (χ3n) is 3.78. The summed E-state index contributed by atoms with van der Waals surface area (Å²) in [4.78, 5) is 15.2. The first kappa shape index (κ1) is 20.1. The van der Waals surface area contributed by atoms with Crippen molar-refractivity contribution in [1.82, 2.24) is 25.8 Å². The lowest BCUT2D eigenvalue weighted by Crippen LogP contribution is -2.38. The fourth-order valence-electron chi connectivity index (χ4n) is 2.34. The van der Waals surface area contributed by atoms with Gasteiger partial charge in [0.15, 0.2) is 11.1 Å². The summed E-state index contributed by atoms with van der Waals surface area (Å²) in [6.07, 6.45) is 0.586. The van der Waals surface area contributed by atoms with E-state index in [9.17, 15) is 0 Å². The summed E-state index contributed by atoms with van der Waals surface area (Å²) in [6, 6.07) is 7.32. The molecule has 3 rings (SSSR count). The van der Waals surface area contributed by atoms with Crippen LogP contribution >= 0.6 is 22.9 Å². The van der Waals surface area contributed by atoms with Gasteiger partial charge >= 0.3 is 0 Å². The second kappa shape index (κ2) is 9.52. The van der Waals surface area contributed by atoms with Gasteiger partial charge in [-0.3, -0.25) is 4.99 Å². The third-order valence-corrected chi connectivity index (χ3v) is 5.09. The summed E-state index contributed by atoms with van der Waals surface area (Å²) in [5, 5.41) is 14.2. The largest absolute Gasteiger partial charge is 0.356 e. The Labute approximate surface area is 172 Å². The summed E-state index contributed by atoms with van der Waals surface area (Å²) in [5.41, 5.74) is 1.84. The fraction of sp³-hybridized carbons (Fsp3) is 0.333. The summed E-state index contributed by atoms with van der Waals surface area (Å²) >= 11 is 7.51. The van der Waals surface area contributed by atoms with E-state index < -0.39 is 0 Å². The van der Waals surface area contributed by atoms with E-state index in [1.54, 1.807) is 30.5 Å². The van der Waals surface area contributed by atoms with Crippen molar-refractivity contribution in [2.75, 3.05) is 32.6 Å². The Hall–Kier alpha value is -2.65. The predicted octanol–water partition coefficient (Wildman–Crippen LogP) is 2.82. The highest BCUT2D eigenvalue weighted by molar-refractivity contribution is 7.13. The molecule has 0 bridgehead atoms. The number of hydrogen-bond acceptors (Lipinski definition) is 7. The van der Waals surface area contributed by atoms with E-state index in [1.807, 2.05) is 36.5 Å². The molecule has 0 unspecified atom stereocenters. The number of anilines is 1. The quantitative estimate of drug-likeness (QED) is 0.449. The maximum atomic E-state index is 5.90. The smallest absolute Gasteiger partial charge is 0.228 e. The normalized spacial score (nSPS) is 11.5. The Morgan fingerprint density at radius 1 is 1.21 bits per heavy atom. The molecule has 3 aromatic rings. The molecule has 0 radical (unpaired) electrons. The number of aromatic nitrogens is 3. The van der Waals surface area contributed by atoms with Gasteiger partial charge in [-0.1, -0.05) is 16.8 Å². The molecule has 148 valence electrons. The minimum Gasteiger partial charge on any atom is -0.356 e. The number of nitrogens with one attached hydrogen (secondary N) is 2. The van der Waals surface area contributed by atoms with Gasteiger partial charge in [-0.2, -0.15) is 4.98 Å². The minimum atomic E-state index is 0.550. The predicted molar refractivity (Wildman–Crippen MR) is 113 cm³/mol. The molecule has 0 spiro atoms. The van der Waals surface area contributed by atoms with Crippen LogP contribution in [0.15, 0.2) is 39.2 Å². The highest BCUT2D eigenvalue weighted by Gasteiger charge is 2.09. The highest BCUT2D eigenvalue weighted by atomic mass is 35.5. The van der Waals surface area contributed by atoms with Crippen LogP contribution in [0.4, 0.5) is 5.13 Å². The second-order valence-corrected chi connectivity index (χ2v) is 7.41. The van der Waals surface area contributed by atoms with Crippen LogP contribution in [0.25, 0.3) is 11.4 Å².